The molecule has 3 N–H and O–H groups in total. The van der Waals surface area contributed by atoms with Crippen LogP contribution in [-0.2, 0) is 9.53 Å². The average molecular weight is 188 g/mol. The maximum absolute atomic E-state index is 10.9. The molecule has 1 aliphatic rings. The van der Waals surface area contributed by atoms with Crippen LogP contribution in [0.4, 0.5) is 0 Å². The van der Waals surface area contributed by atoms with Crippen LogP contribution in [-0.4, -0.2) is 54.9 Å². The maximum atomic E-state index is 10.9. The minimum atomic E-state index is -0.529. The Labute approximate surface area is 77.5 Å². The van der Waals surface area contributed by atoms with Crippen LogP contribution in [0.2, 0.25) is 0 Å². The summed E-state index contributed by atoms with van der Waals surface area (Å²) in [5.74, 6) is -0.275. The van der Waals surface area contributed by atoms with Gasteiger partial charge in [0.2, 0.25) is 0 Å². The van der Waals surface area contributed by atoms with E-state index in [2.05, 4.69) is 4.74 Å². The van der Waals surface area contributed by atoms with Crippen LogP contribution in [0.1, 0.15) is 6.42 Å². The third-order valence-corrected chi connectivity index (χ3v) is 2.30. The van der Waals surface area contributed by atoms with E-state index in [-0.39, 0.29) is 18.6 Å². The molecule has 2 atom stereocenters. The molecule has 0 radical (unpaired) electrons. The molecular formula is C8H16N2O3. The van der Waals surface area contributed by atoms with E-state index in [0.29, 0.717) is 6.54 Å². The van der Waals surface area contributed by atoms with Crippen molar-refractivity contribution in [1.82, 2.24) is 4.90 Å². The minimum Gasteiger partial charge on any atom is -0.468 e. The van der Waals surface area contributed by atoms with E-state index in [1.54, 1.807) is 0 Å². The summed E-state index contributed by atoms with van der Waals surface area (Å²) < 4.78 is 4.52. The number of hydrogen-bond donors (Lipinski definition) is 2. The quantitative estimate of drug-likeness (QED) is 0.519. The molecule has 1 aliphatic heterocycles. The number of hydrogen-bond acceptors (Lipinski definition) is 5. The Bertz CT molecular complexity index is 186. The molecule has 0 aromatic carbocycles. The molecule has 0 aliphatic carbocycles. The highest BCUT2D eigenvalue weighted by atomic mass is 16.5. The van der Waals surface area contributed by atoms with Gasteiger partial charge in [0.05, 0.1) is 19.8 Å². The summed E-state index contributed by atoms with van der Waals surface area (Å²) in [6, 6.07) is -0.158. The summed E-state index contributed by atoms with van der Waals surface area (Å²) in [7, 11) is 1.36. The van der Waals surface area contributed by atoms with Gasteiger partial charge in [-0.05, 0) is 6.42 Å². The van der Waals surface area contributed by atoms with Crippen molar-refractivity contribution in [2.45, 2.75) is 18.6 Å². The zero-order valence-corrected chi connectivity index (χ0v) is 7.77. The summed E-state index contributed by atoms with van der Waals surface area (Å²) in [6.45, 7) is 1.43. The number of rotatable bonds is 2. The summed E-state index contributed by atoms with van der Waals surface area (Å²) in [5, 5.41) is 9.41. The predicted octanol–water partition coefficient (Wildman–Crippen LogP) is -1.45. The predicted molar refractivity (Wildman–Crippen MR) is 47.1 cm³/mol. The van der Waals surface area contributed by atoms with Crippen LogP contribution in [0.5, 0.6) is 0 Å². The van der Waals surface area contributed by atoms with Crippen LogP contribution in [0.3, 0.4) is 0 Å². The summed E-state index contributed by atoms with van der Waals surface area (Å²) in [6.07, 6.45) is 0.191. The van der Waals surface area contributed by atoms with Gasteiger partial charge >= 0.3 is 5.97 Å². The highest BCUT2D eigenvalue weighted by Crippen LogP contribution is 2.08. The molecule has 0 aromatic heterocycles. The lowest BCUT2D eigenvalue weighted by atomic mass is 10.0. The fraction of sp³-hybridized carbons (Fsp3) is 0.875. The van der Waals surface area contributed by atoms with Gasteiger partial charge in [0, 0.05) is 19.1 Å². The maximum Gasteiger partial charge on any atom is 0.319 e. The smallest absolute Gasteiger partial charge is 0.319 e. The molecule has 1 rings (SSSR count). The number of ether oxygens (including phenoxy) is 1. The number of aliphatic hydroxyl groups excluding tert-OH is 1. The molecule has 76 valence electrons. The molecule has 1 saturated heterocycles. The van der Waals surface area contributed by atoms with Crippen molar-refractivity contribution < 1.29 is 14.6 Å². The van der Waals surface area contributed by atoms with Gasteiger partial charge in [-0.1, -0.05) is 0 Å². The number of likely N-dealkylation sites (tertiary alicyclic amines) is 1. The Kier molecular flexibility index (Phi) is 3.65. The van der Waals surface area contributed by atoms with Gasteiger partial charge in [0.15, 0.2) is 0 Å². The van der Waals surface area contributed by atoms with Crippen LogP contribution in [0.25, 0.3) is 0 Å². The van der Waals surface area contributed by atoms with Gasteiger partial charge in [-0.25, -0.2) is 0 Å². The number of carbonyl (C=O) groups excluding carboxylic acids is 1. The van der Waals surface area contributed by atoms with E-state index in [4.69, 9.17) is 5.73 Å². The number of nitrogens with two attached hydrogens (primary N) is 1. The van der Waals surface area contributed by atoms with E-state index in [1.807, 2.05) is 4.90 Å². The van der Waals surface area contributed by atoms with E-state index < -0.39 is 6.10 Å². The Morgan fingerprint density at radius 1 is 1.77 bits per heavy atom. The molecule has 0 saturated carbocycles. The van der Waals surface area contributed by atoms with Crippen molar-refractivity contribution in [2.75, 3.05) is 26.7 Å². The first-order valence-electron chi connectivity index (χ1n) is 4.36. The van der Waals surface area contributed by atoms with Crippen LogP contribution < -0.4 is 5.73 Å². The number of nitrogens with zero attached hydrogens (tertiary/aromatic N) is 1. The molecule has 0 aromatic rings. The van der Waals surface area contributed by atoms with Crippen molar-refractivity contribution >= 4 is 5.97 Å². The molecule has 0 spiro atoms. The first kappa shape index (κ1) is 10.4. The molecule has 0 bridgehead atoms. The molecule has 1 fully saturated rings. The van der Waals surface area contributed by atoms with Crippen molar-refractivity contribution in [3.05, 3.63) is 0 Å². The fourth-order valence-corrected chi connectivity index (χ4v) is 1.41. The molecule has 2 unspecified atom stereocenters. The van der Waals surface area contributed by atoms with Crippen molar-refractivity contribution in [3.8, 4) is 0 Å². The lowest BCUT2D eigenvalue weighted by molar-refractivity contribution is -0.142. The van der Waals surface area contributed by atoms with E-state index in [1.165, 1.54) is 7.11 Å². The lowest BCUT2D eigenvalue weighted by Crippen LogP contribution is -2.51. The van der Waals surface area contributed by atoms with Crippen LogP contribution >= 0.6 is 0 Å². The lowest BCUT2D eigenvalue weighted by Gasteiger charge is -2.33. The van der Waals surface area contributed by atoms with Crippen molar-refractivity contribution in [3.63, 3.8) is 0 Å². The van der Waals surface area contributed by atoms with Crippen LogP contribution in [0, 0.1) is 0 Å². The summed E-state index contributed by atoms with van der Waals surface area (Å²) in [4.78, 5) is 12.7. The summed E-state index contributed by atoms with van der Waals surface area (Å²) >= 11 is 0. The zero-order chi connectivity index (χ0) is 9.84. The fourth-order valence-electron chi connectivity index (χ4n) is 1.41. The molecule has 13 heavy (non-hydrogen) atoms. The van der Waals surface area contributed by atoms with Crippen molar-refractivity contribution in [2.24, 2.45) is 5.73 Å². The number of aliphatic hydroxyl groups is 1. The van der Waals surface area contributed by atoms with Gasteiger partial charge in [0.25, 0.3) is 0 Å². The second kappa shape index (κ2) is 4.55. The second-order valence-corrected chi connectivity index (χ2v) is 3.33. The molecular weight excluding hydrogens is 172 g/mol. The van der Waals surface area contributed by atoms with Gasteiger partial charge in [-0.2, -0.15) is 0 Å². The Morgan fingerprint density at radius 2 is 2.46 bits per heavy atom. The first-order chi connectivity index (χ1) is 6.13. The minimum absolute atomic E-state index is 0.158. The standard InChI is InChI=1S/C8H16N2O3/c1-13-8(12)5-10-3-2-6(9)7(11)4-10/h6-7,11H,2-5,9H2,1H3. The highest BCUT2D eigenvalue weighted by Gasteiger charge is 2.25. The molecule has 5 nitrogen and oxygen atoms in total. The number of piperidine rings is 1. The Morgan fingerprint density at radius 3 is 3.00 bits per heavy atom. The number of carbonyl (C=O) groups is 1. The third-order valence-electron chi connectivity index (χ3n) is 2.30. The van der Waals surface area contributed by atoms with Gasteiger partial charge in [-0.15, -0.1) is 0 Å². The second-order valence-electron chi connectivity index (χ2n) is 3.33. The monoisotopic (exact) mass is 188 g/mol. The third kappa shape index (κ3) is 2.95. The number of methoxy groups -OCH3 is 1. The van der Waals surface area contributed by atoms with Gasteiger partial charge < -0.3 is 15.6 Å². The van der Waals surface area contributed by atoms with E-state index in [9.17, 15) is 9.90 Å². The Balaban J connectivity index is 2.33. The first-order valence-corrected chi connectivity index (χ1v) is 4.36. The largest absolute Gasteiger partial charge is 0.468 e. The van der Waals surface area contributed by atoms with Crippen LogP contribution in [0.15, 0.2) is 0 Å². The SMILES string of the molecule is COC(=O)CN1CCC(N)C(O)C1. The average Bonchev–Trinajstić information content (AvgIpc) is 2.11. The Hall–Kier alpha value is -0.650. The van der Waals surface area contributed by atoms with E-state index >= 15 is 0 Å². The molecule has 0 amide bonds. The van der Waals surface area contributed by atoms with Gasteiger partial charge in [0.1, 0.15) is 0 Å². The number of β-amino-alcohol motifs (C(OH)–C–C–N with tert-alkyl or cyclic N) is 1. The highest BCUT2D eigenvalue weighted by molar-refractivity contribution is 5.71. The topological polar surface area (TPSA) is 75.8 Å². The number of esters is 1. The molecule has 5 heteroatoms. The normalized spacial score (nSPS) is 30.1. The molecule has 1 heterocycles. The zero-order valence-electron chi connectivity index (χ0n) is 7.77. The van der Waals surface area contributed by atoms with Gasteiger partial charge in [-0.3, -0.25) is 9.69 Å². The van der Waals surface area contributed by atoms with Crippen molar-refractivity contribution in [1.29, 1.82) is 0 Å². The van der Waals surface area contributed by atoms with E-state index in [0.717, 1.165) is 13.0 Å². The summed E-state index contributed by atoms with van der Waals surface area (Å²) in [5.41, 5.74) is 5.61.